The van der Waals surface area contributed by atoms with E-state index in [0.717, 1.165) is 6.42 Å². The van der Waals surface area contributed by atoms with Crippen molar-refractivity contribution in [3.8, 4) is 23.0 Å². The molecule has 0 aliphatic rings. The van der Waals surface area contributed by atoms with E-state index in [0.29, 0.717) is 35.0 Å². The summed E-state index contributed by atoms with van der Waals surface area (Å²) in [5.74, 6) is 1.27. The Kier molecular flexibility index (Phi) is 6.84. The summed E-state index contributed by atoms with van der Waals surface area (Å²) in [5.41, 5.74) is 3.49. The number of hydrazone groups is 1. The van der Waals surface area contributed by atoms with E-state index in [4.69, 9.17) is 14.2 Å². The van der Waals surface area contributed by atoms with Crippen LogP contribution in [0.5, 0.6) is 23.0 Å². The zero-order chi connectivity index (χ0) is 18.9. The van der Waals surface area contributed by atoms with Gasteiger partial charge in [-0.3, -0.25) is 4.79 Å². The van der Waals surface area contributed by atoms with Gasteiger partial charge in [-0.25, -0.2) is 5.43 Å². The zero-order valence-corrected chi connectivity index (χ0v) is 15.0. The van der Waals surface area contributed by atoms with E-state index >= 15 is 0 Å². The van der Waals surface area contributed by atoms with Gasteiger partial charge in [-0.1, -0.05) is 6.92 Å². The second-order valence-electron chi connectivity index (χ2n) is 5.35. The van der Waals surface area contributed by atoms with Crippen LogP contribution in [0.1, 0.15) is 29.3 Å². The van der Waals surface area contributed by atoms with Crippen molar-refractivity contribution in [3.63, 3.8) is 0 Å². The molecule has 2 aromatic carbocycles. The maximum Gasteiger partial charge on any atom is 0.271 e. The molecule has 0 heterocycles. The molecule has 0 aliphatic heterocycles. The predicted octanol–water partition coefficient (Wildman–Crippen LogP) is 2.96. The monoisotopic (exact) mass is 358 g/mol. The summed E-state index contributed by atoms with van der Waals surface area (Å²) >= 11 is 0. The van der Waals surface area contributed by atoms with E-state index in [-0.39, 0.29) is 11.7 Å². The lowest BCUT2D eigenvalue weighted by Crippen LogP contribution is -2.17. The highest BCUT2D eigenvalue weighted by molar-refractivity contribution is 5.95. The van der Waals surface area contributed by atoms with Crippen LogP contribution in [0.25, 0.3) is 0 Å². The van der Waals surface area contributed by atoms with Crippen LogP contribution in [0.2, 0.25) is 0 Å². The van der Waals surface area contributed by atoms with Gasteiger partial charge in [0.1, 0.15) is 5.75 Å². The van der Waals surface area contributed by atoms with E-state index in [1.165, 1.54) is 30.5 Å². The number of aromatic hydroxyl groups is 1. The van der Waals surface area contributed by atoms with Crippen LogP contribution in [0.15, 0.2) is 41.5 Å². The Morgan fingerprint density at radius 3 is 2.31 bits per heavy atom. The summed E-state index contributed by atoms with van der Waals surface area (Å²) < 4.78 is 16.4. The molecule has 7 heteroatoms. The molecular formula is C19H22N2O5. The van der Waals surface area contributed by atoms with Gasteiger partial charge in [0.2, 0.25) is 5.75 Å². The first-order valence-electron chi connectivity index (χ1n) is 8.10. The fourth-order valence-corrected chi connectivity index (χ4v) is 2.16. The summed E-state index contributed by atoms with van der Waals surface area (Å²) in [6, 6.07) is 9.36. The minimum Gasteiger partial charge on any atom is -0.508 e. The van der Waals surface area contributed by atoms with Gasteiger partial charge in [-0.15, -0.1) is 0 Å². The molecule has 26 heavy (non-hydrogen) atoms. The molecule has 0 atom stereocenters. The third-order valence-corrected chi connectivity index (χ3v) is 3.44. The number of hydrogen-bond donors (Lipinski definition) is 2. The van der Waals surface area contributed by atoms with Gasteiger partial charge in [0.25, 0.3) is 5.91 Å². The average Bonchev–Trinajstić information content (AvgIpc) is 2.66. The number of benzene rings is 2. The normalized spacial score (nSPS) is 10.6. The fourth-order valence-electron chi connectivity index (χ4n) is 2.16. The highest BCUT2D eigenvalue weighted by Crippen LogP contribution is 2.38. The maximum atomic E-state index is 12.0. The highest BCUT2D eigenvalue weighted by atomic mass is 16.5. The average molecular weight is 358 g/mol. The van der Waals surface area contributed by atoms with Crippen LogP contribution >= 0.6 is 0 Å². The number of hydrogen-bond acceptors (Lipinski definition) is 6. The van der Waals surface area contributed by atoms with Crippen LogP contribution in [-0.2, 0) is 0 Å². The first kappa shape index (κ1) is 19.1. The molecule has 0 unspecified atom stereocenters. The number of carbonyl (C=O) groups excluding carboxylic acids is 1. The Balaban J connectivity index is 2.13. The molecule has 0 bridgehead atoms. The molecule has 7 nitrogen and oxygen atoms in total. The van der Waals surface area contributed by atoms with Crippen molar-refractivity contribution in [2.45, 2.75) is 13.3 Å². The van der Waals surface area contributed by atoms with Crippen LogP contribution in [0.4, 0.5) is 0 Å². The van der Waals surface area contributed by atoms with Crippen LogP contribution in [-0.4, -0.2) is 38.1 Å². The van der Waals surface area contributed by atoms with Gasteiger partial charge in [0, 0.05) is 11.1 Å². The van der Waals surface area contributed by atoms with Gasteiger partial charge >= 0.3 is 0 Å². The number of carbonyl (C=O) groups is 1. The molecule has 0 aliphatic carbocycles. The fraction of sp³-hybridized carbons (Fsp3) is 0.263. The van der Waals surface area contributed by atoms with E-state index in [1.54, 1.807) is 26.4 Å². The predicted molar refractivity (Wildman–Crippen MR) is 98.5 cm³/mol. The van der Waals surface area contributed by atoms with Gasteiger partial charge in [0.05, 0.1) is 27.0 Å². The Morgan fingerprint density at radius 1 is 1.15 bits per heavy atom. The molecule has 0 spiro atoms. The van der Waals surface area contributed by atoms with E-state index in [1.807, 2.05) is 6.92 Å². The molecule has 0 radical (unpaired) electrons. The molecule has 0 aromatic heterocycles. The van der Waals surface area contributed by atoms with Gasteiger partial charge in [-0.2, -0.15) is 5.10 Å². The van der Waals surface area contributed by atoms with Crippen molar-refractivity contribution in [2.24, 2.45) is 5.10 Å². The summed E-state index contributed by atoms with van der Waals surface area (Å²) in [4.78, 5) is 12.0. The Labute approximate surface area is 152 Å². The van der Waals surface area contributed by atoms with E-state index in [9.17, 15) is 9.90 Å². The minimum atomic E-state index is -0.386. The third kappa shape index (κ3) is 4.89. The Hall–Kier alpha value is -3.22. The number of ether oxygens (including phenoxy) is 3. The summed E-state index contributed by atoms with van der Waals surface area (Å²) in [5, 5.41) is 13.2. The van der Waals surface area contributed by atoms with Crippen LogP contribution in [0.3, 0.4) is 0 Å². The number of phenolic OH excluding ortho intramolecular Hbond substituents is 1. The van der Waals surface area contributed by atoms with Crippen LogP contribution in [0, 0.1) is 0 Å². The molecule has 0 fully saturated rings. The second-order valence-corrected chi connectivity index (χ2v) is 5.35. The number of methoxy groups -OCH3 is 2. The first-order chi connectivity index (χ1) is 12.6. The quantitative estimate of drug-likeness (QED) is 0.559. The molecule has 1 amide bonds. The molecule has 2 aromatic rings. The first-order valence-corrected chi connectivity index (χ1v) is 8.10. The van der Waals surface area contributed by atoms with Gasteiger partial charge in [0.15, 0.2) is 11.5 Å². The molecule has 138 valence electrons. The Morgan fingerprint density at radius 2 is 1.77 bits per heavy atom. The van der Waals surface area contributed by atoms with E-state index < -0.39 is 0 Å². The van der Waals surface area contributed by atoms with Crippen molar-refractivity contribution in [1.29, 1.82) is 0 Å². The van der Waals surface area contributed by atoms with Crippen molar-refractivity contribution in [3.05, 3.63) is 47.5 Å². The number of rotatable bonds is 8. The summed E-state index contributed by atoms with van der Waals surface area (Å²) in [6.45, 7) is 2.56. The topological polar surface area (TPSA) is 89.4 Å². The number of phenols is 1. The molecule has 2 N–H and O–H groups in total. The second kappa shape index (κ2) is 9.31. The van der Waals surface area contributed by atoms with Crippen molar-refractivity contribution in [2.75, 3.05) is 20.8 Å². The minimum absolute atomic E-state index is 0.0922. The molecular weight excluding hydrogens is 336 g/mol. The maximum absolute atomic E-state index is 12.0. The highest BCUT2D eigenvalue weighted by Gasteiger charge is 2.13. The standard InChI is InChI=1S/C19H22N2O5/c1-4-9-26-18-16(24-2)10-13(11-17(18)25-3)12-20-21-19(23)14-5-7-15(22)8-6-14/h5-8,10-12,22H,4,9H2,1-3H3,(H,21,23)/b20-12-. The number of amides is 1. The summed E-state index contributed by atoms with van der Waals surface area (Å²) in [7, 11) is 3.09. The lowest BCUT2D eigenvalue weighted by molar-refractivity contribution is 0.0955. The van der Waals surface area contributed by atoms with E-state index in [2.05, 4.69) is 10.5 Å². The zero-order valence-electron chi connectivity index (χ0n) is 15.0. The van der Waals surface area contributed by atoms with Crippen molar-refractivity contribution >= 4 is 12.1 Å². The number of nitrogens with one attached hydrogen (secondary N) is 1. The third-order valence-electron chi connectivity index (χ3n) is 3.44. The molecule has 2 rings (SSSR count). The molecule has 0 saturated heterocycles. The number of nitrogens with zero attached hydrogens (tertiary/aromatic N) is 1. The smallest absolute Gasteiger partial charge is 0.271 e. The lowest BCUT2D eigenvalue weighted by Gasteiger charge is -2.14. The van der Waals surface area contributed by atoms with Gasteiger partial charge < -0.3 is 19.3 Å². The summed E-state index contributed by atoms with van der Waals surface area (Å²) in [6.07, 6.45) is 2.34. The van der Waals surface area contributed by atoms with Crippen molar-refractivity contribution in [1.82, 2.24) is 5.43 Å². The largest absolute Gasteiger partial charge is 0.508 e. The Bertz CT molecular complexity index is 747. The SMILES string of the molecule is CCCOc1c(OC)cc(/C=N\NC(=O)c2ccc(O)cc2)cc1OC. The van der Waals surface area contributed by atoms with Crippen molar-refractivity contribution < 1.29 is 24.1 Å². The lowest BCUT2D eigenvalue weighted by atomic mass is 10.2. The van der Waals surface area contributed by atoms with Crippen LogP contribution < -0.4 is 19.6 Å². The molecule has 0 saturated carbocycles. The van der Waals surface area contributed by atoms with Gasteiger partial charge in [-0.05, 0) is 42.8 Å².